The molecule has 1 aromatic rings. The van der Waals surface area contributed by atoms with Crippen molar-refractivity contribution in [1.29, 1.82) is 0 Å². The molecule has 0 unspecified atom stereocenters. The van der Waals surface area contributed by atoms with E-state index in [1.807, 2.05) is 11.8 Å². The lowest BCUT2D eigenvalue weighted by molar-refractivity contribution is -0.137. The highest BCUT2D eigenvalue weighted by Crippen LogP contribution is 2.32. The van der Waals surface area contributed by atoms with E-state index in [4.69, 9.17) is 5.73 Å². The smallest absolute Gasteiger partial charge is 0.397 e. The van der Waals surface area contributed by atoms with E-state index in [1.54, 1.807) is 0 Å². The minimum absolute atomic E-state index is 0.133. The minimum Gasteiger partial charge on any atom is -0.397 e. The molecule has 112 valence electrons. The van der Waals surface area contributed by atoms with E-state index in [9.17, 15) is 13.2 Å². The van der Waals surface area contributed by atoms with Crippen LogP contribution in [0, 0.1) is 0 Å². The number of hydrogen-bond acceptors (Lipinski definition) is 4. The fourth-order valence-electron chi connectivity index (χ4n) is 2.07. The van der Waals surface area contributed by atoms with Crippen molar-refractivity contribution in [3.8, 4) is 0 Å². The monoisotopic (exact) mass is 305 g/mol. The summed E-state index contributed by atoms with van der Waals surface area (Å²) in [6, 6.07) is 3.42. The third-order valence-corrected chi connectivity index (χ3v) is 4.17. The van der Waals surface area contributed by atoms with Gasteiger partial charge in [0.2, 0.25) is 0 Å². The van der Waals surface area contributed by atoms with Crippen molar-refractivity contribution in [1.82, 2.24) is 4.90 Å². The van der Waals surface area contributed by atoms with Crippen molar-refractivity contribution in [3.05, 3.63) is 23.8 Å². The van der Waals surface area contributed by atoms with Gasteiger partial charge in [-0.2, -0.15) is 24.9 Å². The summed E-state index contributed by atoms with van der Waals surface area (Å²) in [5, 5.41) is 3.10. The Morgan fingerprint density at radius 1 is 1.25 bits per heavy atom. The number of nitrogen functional groups attached to an aromatic ring is 1. The first-order valence-corrected chi connectivity index (χ1v) is 7.63. The molecule has 1 saturated heterocycles. The van der Waals surface area contributed by atoms with Gasteiger partial charge in [0.25, 0.3) is 0 Å². The van der Waals surface area contributed by atoms with Crippen LogP contribution in [0.25, 0.3) is 0 Å². The zero-order valence-electron chi connectivity index (χ0n) is 11.0. The van der Waals surface area contributed by atoms with Crippen LogP contribution in [0.3, 0.4) is 0 Å². The molecular formula is C13H18F3N3S. The normalized spacial score (nSPS) is 17.1. The van der Waals surface area contributed by atoms with Gasteiger partial charge in [-0.25, -0.2) is 0 Å². The van der Waals surface area contributed by atoms with Gasteiger partial charge in [-0.1, -0.05) is 0 Å². The Labute approximate surface area is 120 Å². The summed E-state index contributed by atoms with van der Waals surface area (Å²) < 4.78 is 37.5. The molecule has 1 fully saturated rings. The Morgan fingerprint density at radius 3 is 2.55 bits per heavy atom. The molecule has 1 aliphatic heterocycles. The summed E-state index contributed by atoms with van der Waals surface area (Å²) in [5.74, 6) is 2.28. The van der Waals surface area contributed by atoms with E-state index in [2.05, 4.69) is 10.2 Å². The van der Waals surface area contributed by atoms with Gasteiger partial charge in [0.1, 0.15) is 0 Å². The van der Waals surface area contributed by atoms with E-state index in [-0.39, 0.29) is 5.69 Å². The van der Waals surface area contributed by atoms with E-state index in [0.29, 0.717) is 12.2 Å². The fourth-order valence-corrected chi connectivity index (χ4v) is 3.05. The average Bonchev–Trinajstić information content (AvgIpc) is 2.40. The Balaban J connectivity index is 1.86. The van der Waals surface area contributed by atoms with Crippen LogP contribution in [-0.4, -0.2) is 42.6 Å². The summed E-state index contributed by atoms with van der Waals surface area (Å²) >= 11 is 1.95. The van der Waals surface area contributed by atoms with Crippen molar-refractivity contribution in [2.75, 3.05) is 48.7 Å². The largest absolute Gasteiger partial charge is 0.416 e. The zero-order valence-corrected chi connectivity index (χ0v) is 11.9. The topological polar surface area (TPSA) is 41.3 Å². The van der Waals surface area contributed by atoms with Crippen molar-refractivity contribution in [2.24, 2.45) is 0 Å². The van der Waals surface area contributed by atoms with E-state index >= 15 is 0 Å². The second-order valence-corrected chi connectivity index (χ2v) is 5.91. The molecule has 0 saturated carbocycles. The lowest BCUT2D eigenvalue weighted by Gasteiger charge is -2.26. The van der Waals surface area contributed by atoms with Crippen LogP contribution in [0.4, 0.5) is 24.5 Å². The van der Waals surface area contributed by atoms with Crippen molar-refractivity contribution in [3.63, 3.8) is 0 Å². The number of hydrogen-bond donors (Lipinski definition) is 2. The molecule has 7 heteroatoms. The number of anilines is 2. The first-order chi connectivity index (χ1) is 9.47. The number of nitrogens with one attached hydrogen (secondary N) is 1. The molecule has 0 amide bonds. The Bertz CT molecular complexity index is 445. The van der Waals surface area contributed by atoms with E-state index < -0.39 is 11.7 Å². The maximum Gasteiger partial charge on any atom is 0.416 e. The third kappa shape index (κ3) is 4.21. The van der Waals surface area contributed by atoms with Crippen LogP contribution >= 0.6 is 11.8 Å². The van der Waals surface area contributed by atoms with Crippen molar-refractivity contribution < 1.29 is 13.2 Å². The minimum atomic E-state index is -4.35. The first kappa shape index (κ1) is 15.3. The molecule has 2 rings (SSSR count). The van der Waals surface area contributed by atoms with E-state index in [0.717, 1.165) is 43.3 Å². The number of rotatable bonds is 4. The highest BCUT2D eigenvalue weighted by molar-refractivity contribution is 7.99. The Kier molecular flexibility index (Phi) is 5.04. The number of thioether (sulfide) groups is 1. The summed E-state index contributed by atoms with van der Waals surface area (Å²) in [6.07, 6.45) is -4.35. The molecule has 3 N–H and O–H groups in total. The number of nitrogens with zero attached hydrogens (tertiary/aromatic N) is 1. The molecule has 0 radical (unpaired) electrons. The first-order valence-electron chi connectivity index (χ1n) is 6.47. The van der Waals surface area contributed by atoms with Crippen LogP contribution in [0.5, 0.6) is 0 Å². The highest BCUT2D eigenvalue weighted by Gasteiger charge is 2.30. The van der Waals surface area contributed by atoms with E-state index in [1.165, 1.54) is 6.07 Å². The molecule has 1 aromatic carbocycles. The van der Waals surface area contributed by atoms with Gasteiger partial charge in [0, 0.05) is 37.7 Å². The maximum atomic E-state index is 12.5. The molecular weight excluding hydrogens is 287 g/mol. The highest BCUT2D eigenvalue weighted by atomic mass is 32.2. The van der Waals surface area contributed by atoms with Crippen LogP contribution in [-0.2, 0) is 6.18 Å². The molecule has 20 heavy (non-hydrogen) atoms. The maximum absolute atomic E-state index is 12.5. The molecule has 0 bridgehead atoms. The molecule has 0 aromatic heterocycles. The summed E-state index contributed by atoms with van der Waals surface area (Å²) in [5.41, 5.74) is 5.64. The predicted molar refractivity (Wildman–Crippen MR) is 78.1 cm³/mol. The van der Waals surface area contributed by atoms with Crippen molar-refractivity contribution in [2.45, 2.75) is 6.18 Å². The predicted octanol–water partition coefficient (Wildman–Crippen LogP) is 2.75. The Hall–Kier alpha value is -1.08. The second-order valence-electron chi connectivity index (χ2n) is 4.68. The van der Waals surface area contributed by atoms with Crippen LogP contribution in [0.15, 0.2) is 18.2 Å². The molecule has 0 atom stereocenters. The second kappa shape index (κ2) is 6.58. The van der Waals surface area contributed by atoms with Gasteiger partial charge in [-0.15, -0.1) is 0 Å². The van der Waals surface area contributed by atoms with Gasteiger partial charge < -0.3 is 11.1 Å². The fraction of sp³-hybridized carbons (Fsp3) is 0.538. The summed E-state index contributed by atoms with van der Waals surface area (Å²) in [6.45, 7) is 3.69. The molecule has 1 heterocycles. The van der Waals surface area contributed by atoms with Gasteiger partial charge in [0.05, 0.1) is 16.9 Å². The lowest BCUT2D eigenvalue weighted by atomic mass is 10.1. The molecule has 3 nitrogen and oxygen atoms in total. The zero-order chi connectivity index (χ0) is 14.6. The quantitative estimate of drug-likeness (QED) is 0.839. The Morgan fingerprint density at radius 2 is 1.95 bits per heavy atom. The standard InChI is InChI=1S/C13H18F3N3S/c14-13(15,16)10-1-2-12(11(17)9-10)18-3-4-19-5-7-20-8-6-19/h1-2,9,18H,3-8,17H2. The average molecular weight is 305 g/mol. The van der Waals surface area contributed by atoms with Gasteiger partial charge >= 0.3 is 6.18 Å². The summed E-state index contributed by atoms with van der Waals surface area (Å²) in [7, 11) is 0. The van der Waals surface area contributed by atoms with Gasteiger partial charge in [0.15, 0.2) is 0 Å². The SMILES string of the molecule is Nc1cc(C(F)(F)F)ccc1NCCN1CCSCC1. The number of benzene rings is 1. The van der Waals surface area contributed by atoms with Crippen LogP contribution in [0.2, 0.25) is 0 Å². The molecule has 0 spiro atoms. The lowest BCUT2D eigenvalue weighted by Crippen LogP contribution is -2.36. The van der Waals surface area contributed by atoms with Gasteiger partial charge in [-0.05, 0) is 18.2 Å². The molecule has 1 aliphatic rings. The number of alkyl halides is 3. The summed E-state index contributed by atoms with van der Waals surface area (Å²) in [4.78, 5) is 2.34. The van der Waals surface area contributed by atoms with Crippen LogP contribution < -0.4 is 11.1 Å². The third-order valence-electron chi connectivity index (χ3n) is 3.23. The van der Waals surface area contributed by atoms with Gasteiger partial charge in [-0.3, -0.25) is 4.90 Å². The van der Waals surface area contributed by atoms with Crippen LogP contribution in [0.1, 0.15) is 5.56 Å². The molecule has 0 aliphatic carbocycles. The number of nitrogens with two attached hydrogens (primary N) is 1. The number of halogens is 3. The van der Waals surface area contributed by atoms with Crippen molar-refractivity contribution >= 4 is 23.1 Å².